The minimum Gasteiger partial charge on any atom is -0.446 e. The maximum Gasteiger partial charge on any atom is 0.240 e. The molecule has 3 heterocycles. The molecule has 1 aromatic heterocycles. The van der Waals surface area contributed by atoms with Gasteiger partial charge in [-0.15, -0.1) is 28.2 Å². The van der Waals surface area contributed by atoms with Crippen LogP contribution in [-0.4, -0.2) is 22.2 Å². The zero-order chi connectivity index (χ0) is 19.2. The molecule has 142 valence electrons. The van der Waals surface area contributed by atoms with Crippen molar-refractivity contribution in [3.8, 4) is 0 Å². The maximum atomic E-state index is 14.6. The number of ether oxygens (including phenoxy) is 1. The highest BCUT2D eigenvalue weighted by molar-refractivity contribution is 8.01. The normalized spacial score (nSPS) is 24.0. The van der Waals surface area contributed by atoms with Gasteiger partial charge in [0.2, 0.25) is 12.1 Å². The Hall–Kier alpha value is -1.77. The topological polar surface area (TPSA) is 69.5 Å². The number of hydrogen-bond donors (Lipinski definition) is 3. The molecule has 5 nitrogen and oxygen atoms in total. The zero-order valence-corrected chi connectivity index (χ0v) is 17.1. The molecule has 0 bridgehead atoms. The predicted octanol–water partition coefficient (Wildman–Crippen LogP) is 4.65. The summed E-state index contributed by atoms with van der Waals surface area (Å²) in [6.45, 7) is 3.98. The third-order valence-corrected chi connectivity index (χ3v) is 7.39. The Labute approximate surface area is 169 Å². The van der Waals surface area contributed by atoms with E-state index in [9.17, 15) is 4.39 Å². The number of thiophene rings is 1. The van der Waals surface area contributed by atoms with E-state index in [1.807, 2.05) is 26.0 Å². The molecular weight excluding hydrogens is 407 g/mol. The fourth-order valence-corrected chi connectivity index (χ4v) is 5.12. The molecule has 2 aliphatic heterocycles. The summed E-state index contributed by atoms with van der Waals surface area (Å²) in [5.41, 5.74) is 3.71. The van der Waals surface area contributed by atoms with Gasteiger partial charge >= 0.3 is 0 Å². The van der Waals surface area contributed by atoms with Crippen molar-refractivity contribution in [3.05, 3.63) is 56.5 Å². The second kappa shape index (κ2) is 7.00. The molecule has 9 heteroatoms. The third kappa shape index (κ3) is 3.66. The van der Waals surface area contributed by atoms with Gasteiger partial charge in [0.15, 0.2) is 0 Å². The van der Waals surface area contributed by atoms with Crippen LogP contribution in [0.1, 0.15) is 41.4 Å². The summed E-state index contributed by atoms with van der Waals surface area (Å²) < 4.78 is 20.2. The number of rotatable bonds is 3. The van der Waals surface area contributed by atoms with E-state index < -0.39 is 6.23 Å². The van der Waals surface area contributed by atoms with Gasteiger partial charge in [0, 0.05) is 16.3 Å². The molecule has 27 heavy (non-hydrogen) atoms. The van der Waals surface area contributed by atoms with Crippen molar-refractivity contribution < 1.29 is 9.13 Å². The largest absolute Gasteiger partial charge is 0.446 e. The minimum absolute atomic E-state index is 0.215. The standard InChI is InChI=1S/C18H18ClFN4OS2/c1-18(2)17(21)22-12(8-26-18)14-11(20)7-13(27-14)16-24-23-15(25-16)9-3-5-10(19)6-4-9/h3-7,12,16,24H,8H2,1-2H3,(H2,21,22). The summed E-state index contributed by atoms with van der Waals surface area (Å²) in [6, 6.07) is 8.44. The molecule has 3 N–H and O–H groups in total. The predicted molar refractivity (Wildman–Crippen MR) is 109 cm³/mol. The van der Waals surface area contributed by atoms with Gasteiger partial charge in [0.05, 0.1) is 20.5 Å². The van der Waals surface area contributed by atoms with Gasteiger partial charge in [-0.2, -0.15) is 0 Å². The summed E-state index contributed by atoms with van der Waals surface area (Å²) in [7, 11) is 0. The van der Waals surface area contributed by atoms with Crippen LogP contribution in [0.2, 0.25) is 5.02 Å². The summed E-state index contributed by atoms with van der Waals surface area (Å²) in [6.07, 6.45) is -0.531. The molecule has 1 aromatic carbocycles. The maximum absolute atomic E-state index is 14.6. The molecular formula is C18H18ClFN4OS2. The number of nitrogens with zero attached hydrogens (tertiary/aromatic N) is 1. The lowest BCUT2D eigenvalue weighted by Crippen LogP contribution is -2.46. The minimum atomic E-state index is -0.531. The first-order valence-corrected chi connectivity index (χ1v) is 10.6. The summed E-state index contributed by atoms with van der Waals surface area (Å²) in [5, 5.41) is 16.1. The summed E-state index contributed by atoms with van der Waals surface area (Å²) >= 11 is 8.89. The van der Waals surface area contributed by atoms with E-state index in [0.717, 1.165) is 5.56 Å². The van der Waals surface area contributed by atoms with E-state index in [1.54, 1.807) is 23.9 Å². The lowest BCUT2D eigenvalue weighted by atomic mass is 10.1. The Morgan fingerprint density at radius 2 is 2.07 bits per heavy atom. The second-order valence-corrected chi connectivity index (χ2v) is 10.00. The Balaban J connectivity index is 1.48. The molecule has 2 aliphatic rings. The summed E-state index contributed by atoms with van der Waals surface area (Å²) in [4.78, 5) is 1.29. The van der Waals surface area contributed by atoms with E-state index >= 15 is 0 Å². The average Bonchev–Trinajstić information content (AvgIpc) is 3.25. The van der Waals surface area contributed by atoms with Gasteiger partial charge in [0.1, 0.15) is 11.7 Å². The highest BCUT2D eigenvalue weighted by atomic mass is 35.5. The first-order chi connectivity index (χ1) is 12.8. The fraction of sp³-hybridized carbons (Fsp3) is 0.333. The van der Waals surface area contributed by atoms with Crippen molar-refractivity contribution in [3.63, 3.8) is 0 Å². The zero-order valence-electron chi connectivity index (χ0n) is 14.7. The van der Waals surface area contributed by atoms with E-state index in [2.05, 4.69) is 15.8 Å². The van der Waals surface area contributed by atoms with Crippen LogP contribution in [0.15, 0.2) is 35.4 Å². The van der Waals surface area contributed by atoms with Crippen molar-refractivity contribution in [1.82, 2.24) is 10.7 Å². The summed E-state index contributed by atoms with van der Waals surface area (Å²) in [5.74, 6) is 1.28. The molecule has 2 atom stereocenters. The molecule has 4 rings (SSSR count). The lowest BCUT2D eigenvalue weighted by Gasteiger charge is -2.35. The lowest BCUT2D eigenvalue weighted by molar-refractivity contribution is 0.195. The van der Waals surface area contributed by atoms with Gasteiger partial charge < -0.3 is 10.1 Å². The van der Waals surface area contributed by atoms with Gasteiger partial charge in [0.25, 0.3) is 0 Å². The fourth-order valence-electron chi connectivity index (χ4n) is 2.79. The van der Waals surface area contributed by atoms with Gasteiger partial charge in [-0.25, -0.2) is 4.39 Å². The molecule has 0 spiro atoms. The van der Waals surface area contributed by atoms with Crippen molar-refractivity contribution in [2.45, 2.75) is 30.9 Å². The monoisotopic (exact) mass is 424 g/mol. The molecule has 0 radical (unpaired) electrons. The van der Waals surface area contributed by atoms with Crippen LogP contribution in [0.4, 0.5) is 4.39 Å². The van der Waals surface area contributed by atoms with Crippen molar-refractivity contribution in [2.24, 2.45) is 5.10 Å². The molecule has 0 aliphatic carbocycles. The Kier molecular flexibility index (Phi) is 4.82. The highest BCUT2D eigenvalue weighted by Crippen LogP contribution is 2.39. The molecule has 0 amide bonds. The van der Waals surface area contributed by atoms with E-state index in [4.69, 9.17) is 21.7 Å². The Morgan fingerprint density at radius 3 is 2.78 bits per heavy atom. The quantitative estimate of drug-likeness (QED) is 0.670. The van der Waals surface area contributed by atoms with Crippen LogP contribution < -0.4 is 10.7 Å². The van der Waals surface area contributed by atoms with Crippen LogP contribution in [-0.2, 0) is 4.74 Å². The second-order valence-electron chi connectivity index (χ2n) is 6.81. The third-order valence-electron chi connectivity index (χ3n) is 4.44. The Morgan fingerprint density at radius 1 is 1.33 bits per heavy atom. The van der Waals surface area contributed by atoms with Crippen molar-refractivity contribution in [1.29, 1.82) is 5.41 Å². The van der Waals surface area contributed by atoms with Crippen LogP contribution in [0.3, 0.4) is 0 Å². The number of nitrogens with one attached hydrogen (secondary N) is 3. The first kappa shape index (κ1) is 18.6. The SMILES string of the molecule is CC1(C)SCC(c2sc(C3NN=C(c4ccc(Cl)cc4)O3)cc2F)NC1=N. The smallest absolute Gasteiger partial charge is 0.240 e. The molecule has 1 saturated heterocycles. The number of amidine groups is 1. The highest BCUT2D eigenvalue weighted by Gasteiger charge is 2.35. The molecule has 0 saturated carbocycles. The average molecular weight is 425 g/mol. The van der Waals surface area contributed by atoms with Gasteiger partial charge in [-0.05, 0) is 44.2 Å². The first-order valence-electron chi connectivity index (χ1n) is 8.38. The molecule has 2 unspecified atom stereocenters. The van der Waals surface area contributed by atoms with Crippen LogP contribution >= 0.6 is 34.7 Å². The van der Waals surface area contributed by atoms with Crippen molar-refractivity contribution >= 4 is 46.4 Å². The van der Waals surface area contributed by atoms with Gasteiger partial charge in [-0.1, -0.05) is 11.6 Å². The van der Waals surface area contributed by atoms with E-state index in [0.29, 0.717) is 32.3 Å². The van der Waals surface area contributed by atoms with Crippen LogP contribution in [0, 0.1) is 11.2 Å². The number of halogens is 2. The number of thioether (sulfide) groups is 1. The van der Waals surface area contributed by atoms with Crippen molar-refractivity contribution in [2.75, 3.05) is 5.75 Å². The Bertz CT molecular complexity index is 913. The molecule has 2 aromatic rings. The van der Waals surface area contributed by atoms with Crippen LogP contribution in [0.25, 0.3) is 0 Å². The van der Waals surface area contributed by atoms with Gasteiger partial charge in [-0.3, -0.25) is 10.8 Å². The number of hydrazone groups is 1. The number of benzene rings is 1. The van der Waals surface area contributed by atoms with E-state index in [1.165, 1.54) is 17.4 Å². The number of hydrogen-bond acceptors (Lipinski definition) is 6. The van der Waals surface area contributed by atoms with E-state index in [-0.39, 0.29) is 16.6 Å². The molecule has 1 fully saturated rings. The van der Waals surface area contributed by atoms with Crippen LogP contribution in [0.5, 0.6) is 0 Å².